The molecule has 3 rings (SSSR count). The highest BCUT2D eigenvalue weighted by atomic mass is 16.5. The van der Waals surface area contributed by atoms with Gasteiger partial charge in [0.2, 0.25) is 0 Å². The van der Waals surface area contributed by atoms with Crippen molar-refractivity contribution in [3.8, 4) is 17.2 Å². The highest BCUT2D eigenvalue weighted by Crippen LogP contribution is 2.35. The van der Waals surface area contributed by atoms with Crippen molar-refractivity contribution in [2.24, 2.45) is 0 Å². The Bertz CT molecular complexity index is 624. The fourth-order valence-electron chi connectivity index (χ4n) is 2.72. The molecule has 116 valence electrons. The normalized spacial score (nSPS) is 16.7. The molecule has 1 aliphatic rings. The molecular formula is C18H20O4. The second-order valence-electron chi connectivity index (χ2n) is 5.19. The predicted octanol–water partition coefficient (Wildman–Crippen LogP) is 3.22. The third-order valence-electron chi connectivity index (χ3n) is 3.86. The lowest BCUT2D eigenvalue weighted by molar-refractivity contribution is -0.00212. The van der Waals surface area contributed by atoms with E-state index < -0.39 is 0 Å². The topological polar surface area (TPSA) is 36.9 Å². The summed E-state index contributed by atoms with van der Waals surface area (Å²) in [5.74, 6) is 2.58. The number of para-hydroxylation sites is 1. The summed E-state index contributed by atoms with van der Waals surface area (Å²) in [5, 5.41) is 0. The van der Waals surface area contributed by atoms with Gasteiger partial charge in [-0.15, -0.1) is 0 Å². The first-order valence-electron chi connectivity index (χ1n) is 7.34. The molecule has 0 fully saturated rings. The maximum Gasteiger partial charge on any atom is 0.124 e. The molecule has 0 spiro atoms. The van der Waals surface area contributed by atoms with Crippen molar-refractivity contribution >= 4 is 0 Å². The van der Waals surface area contributed by atoms with Gasteiger partial charge < -0.3 is 18.9 Å². The summed E-state index contributed by atoms with van der Waals surface area (Å²) in [6.07, 6.45) is 0.761. The van der Waals surface area contributed by atoms with Crippen LogP contribution in [0.3, 0.4) is 0 Å². The maximum absolute atomic E-state index is 5.91. The average molecular weight is 300 g/mol. The van der Waals surface area contributed by atoms with Crippen LogP contribution in [0.1, 0.15) is 11.1 Å². The zero-order chi connectivity index (χ0) is 15.4. The van der Waals surface area contributed by atoms with Gasteiger partial charge in [-0.25, -0.2) is 0 Å². The number of fused-ring (bicyclic) bond motifs is 1. The summed E-state index contributed by atoms with van der Waals surface area (Å²) in [6.45, 7) is 1.03. The second kappa shape index (κ2) is 6.71. The Kier molecular flexibility index (Phi) is 4.49. The Hall–Kier alpha value is -2.20. The van der Waals surface area contributed by atoms with Crippen LogP contribution in [-0.4, -0.2) is 26.9 Å². The number of benzene rings is 2. The molecular weight excluding hydrogens is 280 g/mol. The van der Waals surface area contributed by atoms with Crippen molar-refractivity contribution in [1.82, 2.24) is 0 Å². The first-order chi connectivity index (χ1) is 10.8. The Labute approximate surface area is 130 Å². The van der Waals surface area contributed by atoms with E-state index in [4.69, 9.17) is 18.9 Å². The Morgan fingerprint density at radius 3 is 2.32 bits per heavy atom. The first-order valence-corrected chi connectivity index (χ1v) is 7.34. The quantitative estimate of drug-likeness (QED) is 0.849. The molecule has 0 aromatic heterocycles. The summed E-state index contributed by atoms with van der Waals surface area (Å²) in [4.78, 5) is 0. The van der Waals surface area contributed by atoms with E-state index >= 15 is 0 Å². The smallest absolute Gasteiger partial charge is 0.124 e. The molecule has 1 atom stereocenters. The van der Waals surface area contributed by atoms with E-state index in [-0.39, 0.29) is 6.10 Å². The SMILES string of the molecule is COc1ccc(OC)c2c1COC(COc1ccccc1)C2. The van der Waals surface area contributed by atoms with Crippen LogP contribution in [-0.2, 0) is 17.8 Å². The molecule has 0 radical (unpaired) electrons. The molecule has 4 heteroatoms. The molecule has 2 aromatic rings. The van der Waals surface area contributed by atoms with Gasteiger partial charge in [-0.2, -0.15) is 0 Å². The minimum Gasteiger partial charge on any atom is -0.496 e. The summed E-state index contributed by atoms with van der Waals surface area (Å²) < 4.78 is 22.6. The number of ether oxygens (including phenoxy) is 4. The van der Waals surface area contributed by atoms with E-state index in [2.05, 4.69) is 0 Å². The summed E-state index contributed by atoms with van der Waals surface area (Å²) in [7, 11) is 3.36. The minimum atomic E-state index is 0.00807. The van der Waals surface area contributed by atoms with Crippen molar-refractivity contribution in [2.75, 3.05) is 20.8 Å². The maximum atomic E-state index is 5.91. The van der Waals surface area contributed by atoms with E-state index in [0.717, 1.165) is 34.8 Å². The van der Waals surface area contributed by atoms with E-state index in [0.29, 0.717) is 13.2 Å². The molecule has 0 bridgehead atoms. The number of methoxy groups -OCH3 is 2. The van der Waals surface area contributed by atoms with Gasteiger partial charge in [-0.05, 0) is 24.3 Å². The van der Waals surface area contributed by atoms with Crippen molar-refractivity contribution in [1.29, 1.82) is 0 Å². The third kappa shape index (κ3) is 3.02. The van der Waals surface area contributed by atoms with Crippen LogP contribution in [0.15, 0.2) is 42.5 Å². The number of rotatable bonds is 5. The molecule has 1 heterocycles. The van der Waals surface area contributed by atoms with Gasteiger partial charge in [0.1, 0.15) is 23.9 Å². The standard InChI is InChI=1S/C18H20O4/c1-19-17-8-9-18(20-2)16-12-22-14(10-15(16)17)11-21-13-6-4-3-5-7-13/h3-9,14H,10-12H2,1-2H3. The lowest BCUT2D eigenvalue weighted by atomic mass is 9.97. The molecule has 22 heavy (non-hydrogen) atoms. The van der Waals surface area contributed by atoms with Crippen LogP contribution in [0.2, 0.25) is 0 Å². The Morgan fingerprint density at radius 1 is 0.955 bits per heavy atom. The molecule has 1 unspecified atom stereocenters. The predicted molar refractivity (Wildman–Crippen MR) is 83.8 cm³/mol. The molecule has 0 aliphatic carbocycles. The minimum absolute atomic E-state index is 0.00807. The summed E-state index contributed by atoms with van der Waals surface area (Å²) >= 11 is 0. The van der Waals surface area contributed by atoms with E-state index in [1.165, 1.54) is 0 Å². The molecule has 4 nitrogen and oxygen atoms in total. The lowest BCUT2D eigenvalue weighted by Gasteiger charge is -2.28. The largest absolute Gasteiger partial charge is 0.496 e. The van der Waals surface area contributed by atoms with Crippen molar-refractivity contribution in [3.05, 3.63) is 53.6 Å². The zero-order valence-corrected chi connectivity index (χ0v) is 12.9. The fourth-order valence-corrected chi connectivity index (χ4v) is 2.72. The van der Waals surface area contributed by atoms with Crippen LogP contribution >= 0.6 is 0 Å². The van der Waals surface area contributed by atoms with Gasteiger partial charge in [0.25, 0.3) is 0 Å². The molecule has 0 N–H and O–H groups in total. The lowest BCUT2D eigenvalue weighted by Crippen LogP contribution is -2.29. The van der Waals surface area contributed by atoms with Gasteiger partial charge in [0, 0.05) is 17.5 Å². The van der Waals surface area contributed by atoms with Gasteiger partial charge in [0.15, 0.2) is 0 Å². The van der Waals surface area contributed by atoms with Crippen molar-refractivity contribution in [3.63, 3.8) is 0 Å². The van der Waals surface area contributed by atoms with Gasteiger partial charge in [-0.1, -0.05) is 18.2 Å². The van der Waals surface area contributed by atoms with Gasteiger partial charge >= 0.3 is 0 Å². The van der Waals surface area contributed by atoms with Crippen LogP contribution in [0.4, 0.5) is 0 Å². The molecule has 0 saturated carbocycles. The van der Waals surface area contributed by atoms with Crippen LogP contribution in [0, 0.1) is 0 Å². The van der Waals surface area contributed by atoms with E-state index in [1.807, 2.05) is 42.5 Å². The molecule has 2 aromatic carbocycles. The van der Waals surface area contributed by atoms with Gasteiger partial charge in [0.05, 0.1) is 26.9 Å². The number of hydrogen-bond acceptors (Lipinski definition) is 4. The van der Waals surface area contributed by atoms with E-state index in [9.17, 15) is 0 Å². The molecule has 0 amide bonds. The van der Waals surface area contributed by atoms with Crippen molar-refractivity contribution in [2.45, 2.75) is 19.1 Å². The highest BCUT2D eigenvalue weighted by molar-refractivity contribution is 5.49. The van der Waals surface area contributed by atoms with Crippen LogP contribution in [0.25, 0.3) is 0 Å². The van der Waals surface area contributed by atoms with Crippen LogP contribution in [0.5, 0.6) is 17.2 Å². The Balaban J connectivity index is 1.73. The monoisotopic (exact) mass is 300 g/mol. The Morgan fingerprint density at radius 2 is 1.64 bits per heavy atom. The number of hydrogen-bond donors (Lipinski definition) is 0. The third-order valence-corrected chi connectivity index (χ3v) is 3.86. The van der Waals surface area contributed by atoms with E-state index in [1.54, 1.807) is 14.2 Å². The fraction of sp³-hybridized carbons (Fsp3) is 0.333. The zero-order valence-electron chi connectivity index (χ0n) is 12.9. The highest BCUT2D eigenvalue weighted by Gasteiger charge is 2.25. The van der Waals surface area contributed by atoms with Crippen LogP contribution < -0.4 is 14.2 Å². The second-order valence-corrected chi connectivity index (χ2v) is 5.19. The van der Waals surface area contributed by atoms with Crippen molar-refractivity contribution < 1.29 is 18.9 Å². The average Bonchev–Trinajstić information content (AvgIpc) is 2.59. The first kappa shape index (κ1) is 14.7. The summed E-state index contributed by atoms with van der Waals surface area (Å²) in [5.41, 5.74) is 2.22. The van der Waals surface area contributed by atoms with Gasteiger partial charge in [-0.3, -0.25) is 0 Å². The molecule has 1 aliphatic heterocycles. The summed E-state index contributed by atoms with van der Waals surface area (Å²) in [6, 6.07) is 13.6. The molecule has 0 saturated heterocycles.